The van der Waals surface area contributed by atoms with Crippen molar-refractivity contribution in [2.45, 2.75) is 45.3 Å². The molecule has 1 rings (SSSR count). The van der Waals surface area contributed by atoms with Crippen LogP contribution in [-0.4, -0.2) is 18.3 Å². The summed E-state index contributed by atoms with van der Waals surface area (Å²) in [4.78, 5) is 4.69. The number of hydrogen-bond acceptors (Lipinski definition) is 2. The Morgan fingerprint density at radius 3 is 2.52 bits per heavy atom. The summed E-state index contributed by atoms with van der Waals surface area (Å²) in [7, 11) is 0. The lowest BCUT2D eigenvalue weighted by Crippen LogP contribution is -2.22. The van der Waals surface area contributed by atoms with Gasteiger partial charge in [0.15, 0.2) is 5.17 Å². The van der Waals surface area contributed by atoms with E-state index in [0.29, 0.717) is 0 Å². The first-order valence-corrected chi connectivity index (χ1v) is 8.91. The Morgan fingerprint density at radius 1 is 1.19 bits per heavy atom. The minimum atomic E-state index is 0.924. The summed E-state index contributed by atoms with van der Waals surface area (Å²) >= 11 is 1.80. The maximum absolute atomic E-state index is 4.69. The van der Waals surface area contributed by atoms with Gasteiger partial charge in [-0.1, -0.05) is 75.4 Å². The van der Waals surface area contributed by atoms with Crippen LogP contribution in [0.3, 0.4) is 0 Å². The normalized spacial score (nSPS) is 11.4. The van der Waals surface area contributed by atoms with Crippen LogP contribution in [0.1, 0.15) is 50.7 Å². The van der Waals surface area contributed by atoms with Crippen molar-refractivity contribution in [1.82, 2.24) is 5.32 Å². The SMILES string of the molecule is C=Cc1ccc(CSC(=NCCCC)NCCCC)cc1. The van der Waals surface area contributed by atoms with Crippen LogP contribution >= 0.6 is 11.8 Å². The third kappa shape index (κ3) is 7.96. The summed E-state index contributed by atoms with van der Waals surface area (Å²) in [6.45, 7) is 10.1. The molecule has 0 saturated carbocycles. The third-order valence-electron chi connectivity index (χ3n) is 3.16. The number of thioether (sulfide) groups is 1. The molecule has 0 amide bonds. The molecule has 1 aromatic rings. The molecule has 0 aliphatic rings. The molecule has 3 heteroatoms. The molecule has 116 valence electrons. The molecule has 21 heavy (non-hydrogen) atoms. The number of unbranched alkanes of at least 4 members (excludes halogenated alkanes) is 2. The van der Waals surface area contributed by atoms with E-state index >= 15 is 0 Å². The summed E-state index contributed by atoms with van der Waals surface area (Å²) in [6, 6.07) is 8.56. The fourth-order valence-electron chi connectivity index (χ4n) is 1.77. The smallest absolute Gasteiger partial charge is 0.156 e. The number of amidine groups is 1. The summed E-state index contributed by atoms with van der Waals surface area (Å²) in [5, 5.41) is 4.56. The Hall–Kier alpha value is -1.22. The molecule has 0 unspecified atom stereocenters. The van der Waals surface area contributed by atoms with E-state index in [1.54, 1.807) is 11.8 Å². The van der Waals surface area contributed by atoms with Gasteiger partial charge in [-0.05, 0) is 24.0 Å². The van der Waals surface area contributed by atoms with Gasteiger partial charge >= 0.3 is 0 Å². The molecule has 0 fully saturated rings. The number of nitrogens with one attached hydrogen (secondary N) is 1. The molecule has 0 bridgehead atoms. The van der Waals surface area contributed by atoms with Crippen LogP contribution in [0.15, 0.2) is 35.8 Å². The summed E-state index contributed by atoms with van der Waals surface area (Å²) in [6.07, 6.45) is 6.64. The number of benzene rings is 1. The fraction of sp³-hybridized carbons (Fsp3) is 0.500. The van der Waals surface area contributed by atoms with Crippen LogP contribution in [0.4, 0.5) is 0 Å². The van der Waals surface area contributed by atoms with Gasteiger partial charge in [0.1, 0.15) is 0 Å². The first-order chi connectivity index (χ1) is 10.3. The van der Waals surface area contributed by atoms with Crippen LogP contribution in [0.5, 0.6) is 0 Å². The van der Waals surface area contributed by atoms with E-state index in [-0.39, 0.29) is 0 Å². The van der Waals surface area contributed by atoms with Gasteiger partial charge in [-0.25, -0.2) is 0 Å². The van der Waals surface area contributed by atoms with E-state index < -0.39 is 0 Å². The van der Waals surface area contributed by atoms with Gasteiger partial charge in [0.05, 0.1) is 0 Å². The lowest BCUT2D eigenvalue weighted by Gasteiger charge is -2.09. The molecule has 0 aliphatic heterocycles. The van der Waals surface area contributed by atoms with E-state index in [4.69, 9.17) is 0 Å². The van der Waals surface area contributed by atoms with Gasteiger partial charge in [0.2, 0.25) is 0 Å². The van der Waals surface area contributed by atoms with Crippen molar-refractivity contribution in [2.75, 3.05) is 13.1 Å². The Kier molecular flexibility index (Phi) is 9.71. The van der Waals surface area contributed by atoms with Gasteiger partial charge in [-0.2, -0.15) is 0 Å². The lowest BCUT2D eigenvalue weighted by molar-refractivity contribution is 0.751. The monoisotopic (exact) mass is 304 g/mol. The van der Waals surface area contributed by atoms with E-state index in [1.807, 2.05) is 6.08 Å². The van der Waals surface area contributed by atoms with Crippen molar-refractivity contribution in [2.24, 2.45) is 4.99 Å². The number of nitrogens with zero attached hydrogens (tertiary/aromatic N) is 1. The van der Waals surface area contributed by atoms with Gasteiger partial charge in [0.25, 0.3) is 0 Å². The van der Waals surface area contributed by atoms with Crippen LogP contribution in [0, 0.1) is 0 Å². The molecule has 1 N–H and O–H groups in total. The van der Waals surface area contributed by atoms with Crippen LogP contribution < -0.4 is 5.32 Å². The maximum atomic E-state index is 4.69. The molecule has 1 aromatic carbocycles. The Morgan fingerprint density at radius 2 is 1.90 bits per heavy atom. The average Bonchev–Trinajstić information content (AvgIpc) is 2.53. The highest BCUT2D eigenvalue weighted by atomic mass is 32.2. The van der Waals surface area contributed by atoms with Crippen molar-refractivity contribution in [3.8, 4) is 0 Å². The second-order valence-corrected chi connectivity index (χ2v) is 6.02. The Labute approximate surface area is 134 Å². The standard InChI is InChI=1S/C18H28N2S/c1-4-7-13-19-18(20-14-8-5-2)21-15-17-11-9-16(6-3)10-12-17/h6,9-12H,3-5,7-8,13-15H2,1-2H3,(H,19,20). The van der Waals surface area contributed by atoms with Gasteiger partial charge < -0.3 is 5.32 Å². The average molecular weight is 305 g/mol. The summed E-state index contributed by atoms with van der Waals surface area (Å²) < 4.78 is 0. The molecular weight excluding hydrogens is 276 g/mol. The molecule has 2 nitrogen and oxygen atoms in total. The third-order valence-corrected chi connectivity index (χ3v) is 4.19. The molecule has 0 heterocycles. The highest BCUT2D eigenvalue weighted by molar-refractivity contribution is 8.13. The van der Waals surface area contributed by atoms with E-state index in [9.17, 15) is 0 Å². The molecular formula is C18H28N2S. The maximum Gasteiger partial charge on any atom is 0.156 e. The highest BCUT2D eigenvalue weighted by Gasteiger charge is 2.01. The van der Waals surface area contributed by atoms with Crippen molar-refractivity contribution < 1.29 is 0 Å². The van der Waals surface area contributed by atoms with Gasteiger partial charge in [-0.3, -0.25) is 4.99 Å². The Bertz CT molecular complexity index is 423. The molecule has 0 saturated heterocycles. The zero-order valence-corrected chi connectivity index (χ0v) is 14.2. The van der Waals surface area contributed by atoms with E-state index in [2.05, 4.69) is 55.0 Å². The van der Waals surface area contributed by atoms with Crippen LogP contribution in [0.2, 0.25) is 0 Å². The lowest BCUT2D eigenvalue weighted by atomic mass is 10.1. The minimum absolute atomic E-state index is 0.924. The fourth-order valence-corrected chi connectivity index (χ4v) is 2.65. The Balaban J connectivity index is 2.49. The predicted octanol–water partition coefficient (Wildman–Crippen LogP) is 5.11. The van der Waals surface area contributed by atoms with Crippen molar-refractivity contribution >= 4 is 23.0 Å². The summed E-state index contributed by atoms with van der Waals surface area (Å²) in [5.74, 6) is 0.960. The summed E-state index contributed by atoms with van der Waals surface area (Å²) in [5.41, 5.74) is 2.49. The highest BCUT2D eigenvalue weighted by Crippen LogP contribution is 2.15. The van der Waals surface area contributed by atoms with Gasteiger partial charge in [-0.15, -0.1) is 0 Å². The van der Waals surface area contributed by atoms with E-state index in [0.717, 1.165) is 30.4 Å². The van der Waals surface area contributed by atoms with Gasteiger partial charge in [0, 0.05) is 18.8 Å². The molecule has 0 spiro atoms. The van der Waals surface area contributed by atoms with Crippen molar-refractivity contribution in [3.05, 3.63) is 42.0 Å². The topological polar surface area (TPSA) is 24.4 Å². The number of aliphatic imine (C=N–C) groups is 1. The number of hydrogen-bond donors (Lipinski definition) is 1. The van der Waals surface area contributed by atoms with Crippen molar-refractivity contribution in [3.63, 3.8) is 0 Å². The molecule has 0 radical (unpaired) electrons. The van der Waals surface area contributed by atoms with E-state index in [1.165, 1.54) is 30.4 Å². The molecule has 0 aliphatic carbocycles. The van der Waals surface area contributed by atoms with Crippen molar-refractivity contribution in [1.29, 1.82) is 0 Å². The van der Waals surface area contributed by atoms with Crippen LogP contribution in [-0.2, 0) is 5.75 Å². The largest absolute Gasteiger partial charge is 0.365 e. The second-order valence-electron chi connectivity index (χ2n) is 5.06. The zero-order valence-electron chi connectivity index (χ0n) is 13.4. The predicted molar refractivity (Wildman–Crippen MR) is 97.9 cm³/mol. The second kappa shape index (κ2) is 11.4. The zero-order chi connectivity index (χ0) is 15.3. The number of rotatable bonds is 9. The first kappa shape index (κ1) is 17.8. The quantitative estimate of drug-likeness (QED) is 0.389. The first-order valence-electron chi connectivity index (χ1n) is 7.92. The molecule has 0 atom stereocenters. The molecule has 0 aromatic heterocycles. The minimum Gasteiger partial charge on any atom is -0.365 e. The van der Waals surface area contributed by atoms with Crippen LogP contribution in [0.25, 0.3) is 6.08 Å².